The van der Waals surface area contributed by atoms with Crippen molar-refractivity contribution in [1.29, 1.82) is 0 Å². The SMILES string of the molecule is O=C(Cc1ccccc1)n1cccn1. The van der Waals surface area contributed by atoms with Crippen LogP contribution in [0, 0.1) is 0 Å². The molecule has 0 fully saturated rings. The van der Waals surface area contributed by atoms with Crippen molar-refractivity contribution in [3.8, 4) is 0 Å². The van der Waals surface area contributed by atoms with Crippen molar-refractivity contribution in [3.63, 3.8) is 0 Å². The summed E-state index contributed by atoms with van der Waals surface area (Å²) in [5.74, 6) is -0.0128. The monoisotopic (exact) mass is 186 g/mol. The highest BCUT2D eigenvalue weighted by molar-refractivity contribution is 5.80. The van der Waals surface area contributed by atoms with E-state index < -0.39 is 0 Å². The summed E-state index contributed by atoms with van der Waals surface area (Å²) in [5, 5.41) is 3.88. The highest BCUT2D eigenvalue weighted by atomic mass is 16.2. The molecule has 1 heterocycles. The summed E-state index contributed by atoms with van der Waals surface area (Å²) in [6, 6.07) is 11.4. The zero-order chi connectivity index (χ0) is 9.80. The molecule has 0 bridgehead atoms. The maximum Gasteiger partial charge on any atom is 0.251 e. The van der Waals surface area contributed by atoms with Gasteiger partial charge >= 0.3 is 0 Å². The lowest BCUT2D eigenvalue weighted by Gasteiger charge is -1.99. The Morgan fingerprint density at radius 3 is 2.64 bits per heavy atom. The quantitative estimate of drug-likeness (QED) is 0.716. The fourth-order valence-electron chi connectivity index (χ4n) is 1.27. The molecule has 1 aromatic carbocycles. The van der Waals surface area contributed by atoms with Gasteiger partial charge in [-0.3, -0.25) is 4.79 Å². The van der Waals surface area contributed by atoms with E-state index in [9.17, 15) is 4.79 Å². The van der Waals surface area contributed by atoms with E-state index in [4.69, 9.17) is 0 Å². The Kier molecular flexibility index (Phi) is 2.40. The van der Waals surface area contributed by atoms with Crippen molar-refractivity contribution >= 4 is 5.91 Å². The van der Waals surface area contributed by atoms with Gasteiger partial charge in [-0.25, -0.2) is 4.68 Å². The molecule has 70 valence electrons. The standard InChI is InChI=1S/C11H10N2O/c14-11(13-8-4-7-12-13)9-10-5-2-1-3-6-10/h1-8H,9H2. The van der Waals surface area contributed by atoms with Gasteiger partial charge in [-0.15, -0.1) is 0 Å². The lowest BCUT2D eigenvalue weighted by atomic mass is 10.1. The molecule has 2 rings (SSSR count). The Morgan fingerprint density at radius 2 is 2.00 bits per heavy atom. The minimum Gasteiger partial charge on any atom is -0.272 e. The highest BCUT2D eigenvalue weighted by Crippen LogP contribution is 2.01. The Bertz CT molecular complexity index is 406. The zero-order valence-electron chi connectivity index (χ0n) is 7.63. The summed E-state index contributed by atoms with van der Waals surface area (Å²) in [6.45, 7) is 0. The van der Waals surface area contributed by atoms with Crippen molar-refractivity contribution in [2.75, 3.05) is 0 Å². The maximum absolute atomic E-state index is 11.6. The Morgan fingerprint density at radius 1 is 1.21 bits per heavy atom. The molecule has 0 N–H and O–H groups in total. The topological polar surface area (TPSA) is 34.9 Å². The summed E-state index contributed by atoms with van der Waals surface area (Å²) in [6.07, 6.45) is 3.65. The molecule has 1 aromatic heterocycles. The summed E-state index contributed by atoms with van der Waals surface area (Å²) in [7, 11) is 0. The second-order valence-electron chi connectivity index (χ2n) is 3.01. The van der Waals surface area contributed by atoms with Crippen molar-refractivity contribution in [1.82, 2.24) is 9.78 Å². The van der Waals surface area contributed by atoms with Crippen LogP contribution in [0.4, 0.5) is 0 Å². The van der Waals surface area contributed by atoms with Crippen molar-refractivity contribution in [2.24, 2.45) is 0 Å². The van der Waals surface area contributed by atoms with E-state index in [1.165, 1.54) is 4.68 Å². The van der Waals surface area contributed by atoms with Crippen LogP contribution in [0.25, 0.3) is 0 Å². The van der Waals surface area contributed by atoms with Crippen LogP contribution in [-0.4, -0.2) is 15.7 Å². The fraction of sp³-hybridized carbons (Fsp3) is 0.0909. The van der Waals surface area contributed by atoms with Gasteiger partial charge in [0.2, 0.25) is 0 Å². The van der Waals surface area contributed by atoms with E-state index in [0.717, 1.165) is 5.56 Å². The number of nitrogens with zero attached hydrogens (tertiary/aromatic N) is 2. The van der Waals surface area contributed by atoms with Gasteiger partial charge in [0, 0.05) is 12.4 Å². The lowest BCUT2D eigenvalue weighted by molar-refractivity contribution is 0.0898. The summed E-state index contributed by atoms with van der Waals surface area (Å²) in [5.41, 5.74) is 1.01. The molecule has 0 saturated heterocycles. The van der Waals surface area contributed by atoms with Gasteiger partial charge in [0.05, 0.1) is 6.42 Å². The minimum atomic E-state index is -0.0128. The second kappa shape index (κ2) is 3.87. The molecule has 3 heteroatoms. The van der Waals surface area contributed by atoms with E-state index in [1.807, 2.05) is 30.3 Å². The van der Waals surface area contributed by atoms with E-state index >= 15 is 0 Å². The molecule has 0 unspecified atom stereocenters. The molecule has 0 amide bonds. The lowest BCUT2D eigenvalue weighted by Crippen LogP contribution is -2.13. The average molecular weight is 186 g/mol. The number of benzene rings is 1. The molecular formula is C11H10N2O. The van der Waals surface area contributed by atoms with Crippen LogP contribution in [0.3, 0.4) is 0 Å². The summed E-state index contributed by atoms with van der Waals surface area (Å²) >= 11 is 0. The Balaban J connectivity index is 2.10. The number of hydrogen-bond acceptors (Lipinski definition) is 2. The molecule has 0 radical (unpaired) electrons. The molecule has 0 saturated carbocycles. The van der Waals surface area contributed by atoms with Crippen LogP contribution in [0.1, 0.15) is 10.4 Å². The molecule has 0 atom stereocenters. The smallest absolute Gasteiger partial charge is 0.251 e. The molecule has 14 heavy (non-hydrogen) atoms. The fourth-order valence-corrected chi connectivity index (χ4v) is 1.27. The predicted molar refractivity (Wildman–Crippen MR) is 53.0 cm³/mol. The van der Waals surface area contributed by atoms with E-state index in [2.05, 4.69) is 5.10 Å². The molecular weight excluding hydrogens is 176 g/mol. The maximum atomic E-state index is 11.6. The number of carbonyl (C=O) groups excluding carboxylic acids is 1. The number of rotatable bonds is 2. The van der Waals surface area contributed by atoms with E-state index in [-0.39, 0.29) is 5.91 Å². The summed E-state index contributed by atoms with van der Waals surface area (Å²) < 4.78 is 1.35. The van der Waals surface area contributed by atoms with Crippen molar-refractivity contribution in [2.45, 2.75) is 6.42 Å². The van der Waals surface area contributed by atoms with Gasteiger partial charge < -0.3 is 0 Å². The molecule has 3 nitrogen and oxygen atoms in total. The molecule has 2 aromatic rings. The number of hydrogen-bond donors (Lipinski definition) is 0. The normalized spacial score (nSPS) is 10.0. The molecule has 0 aliphatic rings. The van der Waals surface area contributed by atoms with Gasteiger partial charge in [-0.05, 0) is 11.6 Å². The Labute approximate surface area is 82.0 Å². The molecule has 0 aliphatic heterocycles. The van der Waals surface area contributed by atoms with Crippen LogP contribution in [0.2, 0.25) is 0 Å². The van der Waals surface area contributed by atoms with Crippen LogP contribution < -0.4 is 0 Å². The second-order valence-corrected chi connectivity index (χ2v) is 3.01. The van der Waals surface area contributed by atoms with Crippen LogP contribution in [0.5, 0.6) is 0 Å². The van der Waals surface area contributed by atoms with Gasteiger partial charge in [0.25, 0.3) is 5.91 Å². The van der Waals surface area contributed by atoms with Gasteiger partial charge in [0.15, 0.2) is 0 Å². The minimum absolute atomic E-state index is 0.0128. The van der Waals surface area contributed by atoms with E-state index in [0.29, 0.717) is 6.42 Å². The predicted octanol–water partition coefficient (Wildman–Crippen LogP) is 1.77. The average Bonchev–Trinajstić information content (AvgIpc) is 2.72. The van der Waals surface area contributed by atoms with E-state index in [1.54, 1.807) is 18.5 Å². The van der Waals surface area contributed by atoms with Crippen LogP contribution in [-0.2, 0) is 6.42 Å². The largest absolute Gasteiger partial charge is 0.272 e. The van der Waals surface area contributed by atoms with Crippen molar-refractivity contribution in [3.05, 3.63) is 54.4 Å². The third kappa shape index (κ3) is 1.88. The highest BCUT2D eigenvalue weighted by Gasteiger charge is 2.04. The molecule has 0 spiro atoms. The first-order valence-electron chi connectivity index (χ1n) is 4.43. The van der Waals surface area contributed by atoms with Gasteiger partial charge in [0.1, 0.15) is 0 Å². The number of aromatic nitrogens is 2. The third-order valence-corrected chi connectivity index (χ3v) is 1.96. The first-order chi connectivity index (χ1) is 6.86. The molecule has 0 aliphatic carbocycles. The van der Waals surface area contributed by atoms with Gasteiger partial charge in [-0.1, -0.05) is 30.3 Å². The third-order valence-electron chi connectivity index (χ3n) is 1.96. The number of carbonyl (C=O) groups is 1. The Hall–Kier alpha value is -1.90. The zero-order valence-corrected chi connectivity index (χ0v) is 7.63. The summed E-state index contributed by atoms with van der Waals surface area (Å²) in [4.78, 5) is 11.6. The van der Waals surface area contributed by atoms with Crippen LogP contribution in [0.15, 0.2) is 48.8 Å². The first kappa shape index (κ1) is 8.69. The van der Waals surface area contributed by atoms with Crippen molar-refractivity contribution < 1.29 is 4.79 Å². The van der Waals surface area contributed by atoms with Gasteiger partial charge in [-0.2, -0.15) is 5.10 Å². The van der Waals surface area contributed by atoms with Crippen LogP contribution >= 0.6 is 0 Å². The first-order valence-corrected chi connectivity index (χ1v) is 4.43.